The molecule has 1 N–H and O–H groups in total. The zero-order valence-electron chi connectivity index (χ0n) is 11.0. The highest BCUT2D eigenvalue weighted by Gasteiger charge is 2.30. The number of hydrogen-bond donors (Lipinski definition) is 1. The largest absolute Gasteiger partial charge is 0.310 e. The molecule has 1 aromatic carbocycles. The Balaban J connectivity index is 1.90. The Morgan fingerprint density at radius 3 is 2.76 bits per heavy atom. The number of benzene rings is 1. The van der Waals surface area contributed by atoms with Crippen LogP contribution in [0.2, 0.25) is 5.02 Å². The third-order valence-corrected chi connectivity index (χ3v) is 4.09. The molecular weight excluding hydrogens is 230 g/mol. The van der Waals surface area contributed by atoms with E-state index in [1.807, 2.05) is 12.1 Å². The van der Waals surface area contributed by atoms with E-state index in [1.165, 1.54) is 30.4 Å². The van der Waals surface area contributed by atoms with Crippen LogP contribution in [0.15, 0.2) is 18.2 Å². The first-order valence-electron chi connectivity index (χ1n) is 6.45. The first kappa shape index (κ1) is 12.9. The fourth-order valence-electron chi connectivity index (χ4n) is 2.72. The summed E-state index contributed by atoms with van der Waals surface area (Å²) >= 11 is 5.96. The highest BCUT2D eigenvalue weighted by atomic mass is 35.5. The van der Waals surface area contributed by atoms with Gasteiger partial charge in [-0.25, -0.2) is 0 Å². The lowest BCUT2D eigenvalue weighted by atomic mass is 9.92. The molecule has 1 fully saturated rings. The standard InChI is InChI=1S/C15H22ClN/c1-11-8-13(16)5-4-12(11)10-17-14-6-7-15(2,3)9-14/h4-5,8,14,17H,6-7,9-10H2,1-3H3. The van der Waals surface area contributed by atoms with Gasteiger partial charge in [-0.15, -0.1) is 0 Å². The van der Waals surface area contributed by atoms with Crippen LogP contribution in [0.3, 0.4) is 0 Å². The first-order valence-corrected chi connectivity index (χ1v) is 6.82. The van der Waals surface area contributed by atoms with Gasteiger partial charge >= 0.3 is 0 Å². The number of halogens is 1. The second-order valence-corrected chi connectivity index (χ2v) is 6.49. The van der Waals surface area contributed by atoms with Gasteiger partial charge in [0.25, 0.3) is 0 Å². The maximum Gasteiger partial charge on any atom is 0.0408 e. The summed E-state index contributed by atoms with van der Waals surface area (Å²) in [6.45, 7) is 7.82. The minimum Gasteiger partial charge on any atom is -0.310 e. The average molecular weight is 252 g/mol. The maximum absolute atomic E-state index is 5.96. The van der Waals surface area contributed by atoms with E-state index in [9.17, 15) is 0 Å². The van der Waals surface area contributed by atoms with Crippen molar-refractivity contribution in [2.75, 3.05) is 0 Å². The Kier molecular flexibility index (Phi) is 3.79. The van der Waals surface area contributed by atoms with Crippen LogP contribution in [-0.4, -0.2) is 6.04 Å². The SMILES string of the molecule is Cc1cc(Cl)ccc1CNC1CCC(C)(C)C1. The summed E-state index contributed by atoms with van der Waals surface area (Å²) in [7, 11) is 0. The highest BCUT2D eigenvalue weighted by molar-refractivity contribution is 6.30. The molecule has 94 valence electrons. The third kappa shape index (κ3) is 3.46. The normalized spacial score (nSPS) is 22.9. The van der Waals surface area contributed by atoms with Crippen LogP contribution in [-0.2, 0) is 6.54 Å². The monoisotopic (exact) mass is 251 g/mol. The van der Waals surface area contributed by atoms with Crippen molar-refractivity contribution in [2.24, 2.45) is 5.41 Å². The molecule has 1 saturated carbocycles. The van der Waals surface area contributed by atoms with Crippen LogP contribution in [0.5, 0.6) is 0 Å². The van der Waals surface area contributed by atoms with Crippen molar-refractivity contribution < 1.29 is 0 Å². The minimum absolute atomic E-state index is 0.521. The van der Waals surface area contributed by atoms with E-state index in [4.69, 9.17) is 11.6 Å². The minimum atomic E-state index is 0.521. The Morgan fingerprint density at radius 2 is 2.18 bits per heavy atom. The van der Waals surface area contributed by atoms with Gasteiger partial charge in [-0.3, -0.25) is 0 Å². The van der Waals surface area contributed by atoms with Gasteiger partial charge in [0.05, 0.1) is 0 Å². The van der Waals surface area contributed by atoms with Gasteiger partial charge in [0, 0.05) is 17.6 Å². The molecule has 0 aromatic heterocycles. The molecule has 0 heterocycles. The number of aryl methyl sites for hydroxylation is 1. The molecule has 0 spiro atoms. The second-order valence-electron chi connectivity index (χ2n) is 6.06. The molecule has 2 rings (SSSR count). The summed E-state index contributed by atoms with van der Waals surface area (Å²) in [6.07, 6.45) is 3.93. The molecule has 0 aliphatic heterocycles. The number of nitrogens with one attached hydrogen (secondary N) is 1. The van der Waals surface area contributed by atoms with E-state index in [0.29, 0.717) is 11.5 Å². The molecule has 1 aliphatic carbocycles. The quantitative estimate of drug-likeness (QED) is 0.844. The summed E-state index contributed by atoms with van der Waals surface area (Å²) in [5, 5.41) is 4.50. The van der Waals surface area contributed by atoms with Crippen LogP contribution in [0.1, 0.15) is 44.2 Å². The van der Waals surface area contributed by atoms with Gasteiger partial charge in [-0.2, -0.15) is 0 Å². The molecule has 0 saturated heterocycles. The van der Waals surface area contributed by atoms with E-state index < -0.39 is 0 Å². The topological polar surface area (TPSA) is 12.0 Å². The molecule has 2 heteroatoms. The van der Waals surface area contributed by atoms with Crippen molar-refractivity contribution in [1.29, 1.82) is 0 Å². The van der Waals surface area contributed by atoms with Crippen LogP contribution in [0.4, 0.5) is 0 Å². The highest BCUT2D eigenvalue weighted by Crippen LogP contribution is 2.37. The predicted octanol–water partition coefficient (Wildman–Crippen LogP) is 4.32. The second kappa shape index (κ2) is 4.99. The molecule has 1 unspecified atom stereocenters. The van der Waals surface area contributed by atoms with E-state index in [0.717, 1.165) is 11.6 Å². The first-order chi connectivity index (χ1) is 7.96. The van der Waals surface area contributed by atoms with Gasteiger partial charge in [0.2, 0.25) is 0 Å². The lowest BCUT2D eigenvalue weighted by molar-refractivity contribution is 0.364. The summed E-state index contributed by atoms with van der Waals surface area (Å²) in [6, 6.07) is 6.83. The van der Waals surface area contributed by atoms with Gasteiger partial charge in [-0.05, 0) is 54.9 Å². The molecule has 17 heavy (non-hydrogen) atoms. The average Bonchev–Trinajstić information content (AvgIpc) is 2.57. The van der Waals surface area contributed by atoms with Gasteiger partial charge in [0.1, 0.15) is 0 Å². The molecule has 1 nitrogen and oxygen atoms in total. The third-order valence-electron chi connectivity index (χ3n) is 3.85. The summed E-state index contributed by atoms with van der Waals surface area (Å²) < 4.78 is 0. The lowest BCUT2D eigenvalue weighted by Crippen LogP contribution is -2.27. The van der Waals surface area contributed by atoms with Crippen molar-refractivity contribution in [2.45, 2.75) is 52.6 Å². The lowest BCUT2D eigenvalue weighted by Gasteiger charge is -2.18. The summed E-state index contributed by atoms with van der Waals surface area (Å²) in [5.74, 6) is 0. The summed E-state index contributed by atoms with van der Waals surface area (Å²) in [5.41, 5.74) is 3.16. The number of hydrogen-bond acceptors (Lipinski definition) is 1. The van der Waals surface area contributed by atoms with Crippen LogP contribution >= 0.6 is 11.6 Å². The fourth-order valence-corrected chi connectivity index (χ4v) is 2.95. The van der Waals surface area contributed by atoms with E-state index >= 15 is 0 Å². The van der Waals surface area contributed by atoms with Crippen molar-refractivity contribution in [3.63, 3.8) is 0 Å². The molecule has 0 amide bonds. The molecule has 1 aliphatic rings. The molecule has 0 bridgehead atoms. The fraction of sp³-hybridized carbons (Fsp3) is 0.600. The molecule has 1 atom stereocenters. The van der Waals surface area contributed by atoms with Crippen molar-refractivity contribution in [1.82, 2.24) is 5.32 Å². The molecule has 0 radical (unpaired) electrons. The Morgan fingerprint density at radius 1 is 1.41 bits per heavy atom. The molecular formula is C15H22ClN. The van der Waals surface area contributed by atoms with Crippen molar-refractivity contribution in [3.05, 3.63) is 34.3 Å². The van der Waals surface area contributed by atoms with Gasteiger partial charge in [-0.1, -0.05) is 31.5 Å². The summed E-state index contributed by atoms with van der Waals surface area (Å²) in [4.78, 5) is 0. The Labute approximate surface area is 110 Å². The van der Waals surface area contributed by atoms with Gasteiger partial charge < -0.3 is 5.32 Å². The Hall–Kier alpha value is -0.530. The maximum atomic E-state index is 5.96. The van der Waals surface area contributed by atoms with E-state index in [2.05, 4.69) is 32.2 Å². The van der Waals surface area contributed by atoms with E-state index in [-0.39, 0.29) is 0 Å². The van der Waals surface area contributed by atoms with Gasteiger partial charge in [0.15, 0.2) is 0 Å². The smallest absolute Gasteiger partial charge is 0.0408 e. The molecule has 1 aromatic rings. The predicted molar refractivity (Wildman–Crippen MR) is 74.4 cm³/mol. The zero-order chi connectivity index (χ0) is 12.5. The zero-order valence-corrected chi connectivity index (χ0v) is 11.8. The van der Waals surface area contributed by atoms with E-state index in [1.54, 1.807) is 0 Å². The van der Waals surface area contributed by atoms with Crippen LogP contribution in [0, 0.1) is 12.3 Å². The number of rotatable bonds is 3. The van der Waals surface area contributed by atoms with Crippen LogP contribution < -0.4 is 5.32 Å². The van der Waals surface area contributed by atoms with Crippen LogP contribution in [0.25, 0.3) is 0 Å². The van der Waals surface area contributed by atoms with Crippen molar-refractivity contribution in [3.8, 4) is 0 Å². The van der Waals surface area contributed by atoms with Crippen molar-refractivity contribution >= 4 is 11.6 Å². The Bertz CT molecular complexity index is 398.